The molecule has 2 saturated heterocycles. The van der Waals surface area contributed by atoms with Gasteiger partial charge in [-0.15, -0.1) is 0 Å². The first kappa shape index (κ1) is 28.6. The lowest BCUT2D eigenvalue weighted by molar-refractivity contribution is -0.137. The molecule has 5 rings (SSSR count). The SMILES string of the molecule is Cc1cc(C(F)(F)F)cc(N2C(=O)C[C@@H]3CN(CCN4CCN(C)C[C@@H]4C)c4c(Cl)cccc4N(C)C(=O)[C@H]32)n1. The number of benzene rings is 1. The Labute approximate surface area is 237 Å². The molecule has 1 aromatic heterocycles. The summed E-state index contributed by atoms with van der Waals surface area (Å²) in [5.74, 6) is -1.43. The van der Waals surface area contributed by atoms with Gasteiger partial charge in [-0.1, -0.05) is 17.7 Å². The summed E-state index contributed by atoms with van der Waals surface area (Å²) in [6.07, 6.45) is -4.60. The summed E-state index contributed by atoms with van der Waals surface area (Å²) in [6, 6.07) is 6.52. The number of aromatic nitrogens is 1. The standard InChI is InChI=1S/C28H34ClF3N6O2/c1-17-12-20(28(30,31)32)14-23(33-17)38-24(39)13-19-16-37(11-10-36-9-8-34(3)15-18(36)2)26-21(29)6-5-7-22(26)35(4)27(40)25(19)38/h5-7,12,14,18-19,25H,8-11,13,15-16H2,1-4H3/t18-,19+,25-/m0/s1. The number of amides is 2. The highest BCUT2D eigenvalue weighted by molar-refractivity contribution is 6.34. The van der Waals surface area contributed by atoms with Crippen molar-refractivity contribution in [2.24, 2.45) is 5.92 Å². The van der Waals surface area contributed by atoms with E-state index in [9.17, 15) is 22.8 Å². The van der Waals surface area contributed by atoms with Gasteiger partial charge >= 0.3 is 6.18 Å². The highest BCUT2D eigenvalue weighted by Crippen LogP contribution is 2.43. The van der Waals surface area contributed by atoms with Crippen LogP contribution in [0.2, 0.25) is 5.02 Å². The molecule has 0 spiro atoms. The van der Waals surface area contributed by atoms with Crippen molar-refractivity contribution in [2.45, 2.75) is 38.5 Å². The summed E-state index contributed by atoms with van der Waals surface area (Å²) >= 11 is 6.72. The Morgan fingerprint density at radius 1 is 1.07 bits per heavy atom. The number of fused-ring (bicyclic) bond motifs is 2. The third kappa shape index (κ3) is 5.38. The van der Waals surface area contributed by atoms with E-state index in [-0.39, 0.29) is 23.8 Å². The average molecular weight is 579 g/mol. The van der Waals surface area contributed by atoms with Crippen LogP contribution in [0.15, 0.2) is 30.3 Å². The van der Waals surface area contributed by atoms with E-state index in [2.05, 4.69) is 33.7 Å². The molecular weight excluding hydrogens is 545 g/mol. The first-order valence-electron chi connectivity index (χ1n) is 13.5. The molecule has 3 atom stereocenters. The third-order valence-corrected chi connectivity index (χ3v) is 8.56. The average Bonchev–Trinajstić information content (AvgIpc) is 3.20. The Kier molecular flexibility index (Phi) is 7.75. The maximum atomic E-state index is 13.9. The second-order valence-electron chi connectivity index (χ2n) is 11.1. The highest BCUT2D eigenvalue weighted by atomic mass is 35.5. The van der Waals surface area contributed by atoms with Crippen LogP contribution in [-0.2, 0) is 15.8 Å². The van der Waals surface area contributed by atoms with Crippen molar-refractivity contribution in [1.29, 1.82) is 0 Å². The van der Waals surface area contributed by atoms with Crippen molar-refractivity contribution in [3.8, 4) is 0 Å². The molecule has 12 heteroatoms. The van der Waals surface area contributed by atoms with E-state index in [0.29, 0.717) is 29.8 Å². The molecule has 8 nitrogen and oxygen atoms in total. The van der Waals surface area contributed by atoms with Crippen molar-refractivity contribution in [1.82, 2.24) is 14.8 Å². The first-order valence-corrected chi connectivity index (χ1v) is 13.8. The molecule has 0 bridgehead atoms. The number of hydrogen-bond acceptors (Lipinski definition) is 6. The van der Waals surface area contributed by atoms with E-state index < -0.39 is 29.6 Å². The number of rotatable bonds is 4. The smallest absolute Gasteiger partial charge is 0.367 e. The second kappa shape index (κ2) is 10.8. The number of nitrogens with zero attached hydrogens (tertiary/aromatic N) is 6. The summed E-state index contributed by atoms with van der Waals surface area (Å²) < 4.78 is 40.9. The van der Waals surface area contributed by atoms with Gasteiger partial charge in [-0.25, -0.2) is 4.98 Å². The van der Waals surface area contributed by atoms with Crippen LogP contribution in [0.3, 0.4) is 0 Å². The van der Waals surface area contributed by atoms with E-state index in [1.165, 1.54) is 16.7 Å². The largest absolute Gasteiger partial charge is 0.416 e. The lowest BCUT2D eigenvalue weighted by Crippen LogP contribution is -2.54. The predicted octanol–water partition coefficient (Wildman–Crippen LogP) is 3.90. The van der Waals surface area contributed by atoms with Crippen LogP contribution in [0.1, 0.15) is 24.6 Å². The maximum absolute atomic E-state index is 13.9. The summed E-state index contributed by atoms with van der Waals surface area (Å²) in [5.41, 5.74) is 0.528. The molecule has 0 unspecified atom stereocenters. The zero-order valence-corrected chi connectivity index (χ0v) is 23.8. The van der Waals surface area contributed by atoms with Gasteiger partial charge in [0.2, 0.25) is 11.8 Å². The molecule has 40 heavy (non-hydrogen) atoms. The predicted molar refractivity (Wildman–Crippen MR) is 149 cm³/mol. The van der Waals surface area contributed by atoms with Crippen molar-refractivity contribution in [3.63, 3.8) is 0 Å². The second-order valence-corrected chi connectivity index (χ2v) is 11.5. The lowest BCUT2D eigenvalue weighted by Gasteiger charge is -2.42. The number of anilines is 3. The number of halogens is 4. The van der Waals surface area contributed by atoms with Crippen LogP contribution in [0.25, 0.3) is 0 Å². The molecule has 1 aromatic carbocycles. The molecule has 0 radical (unpaired) electrons. The zero-order chi connectivity index (χ0) is 28.9. The number of para-hydroxylation sites is 1. The maximum Gasteiger partial charge on any atom is 0.416 e. The van der Waals surface area contributed by atoms with Gasteiger partial charge in [0.1, 0.15) is 11.9 Å². The van der Waals surface area contributed by atoms with Crippen LogP contribution in [0.4, 0.5) is 30.4 Å². The van der Waals surface area contributed by atoms with Gasteiger partial charge in [-0.05, 0) is 45.2 Å². The molecular formula is C28H34ClF3N6O2. The normalized spacial score (nSPS) is 24.7. The fraction of sp³-hybridized carbons (Fsp3) is 0.536. The number of hydrogen-bond donors (Lipinski definition) is 0. The molecule has 4 heterocycles. The fourth-order valence-electron chi connectivity index (χ4n) is 6.23. The summed E-state index contributed by atoms with van der Waals surface area (Å²) in [4.78, 5) is 41.1. The van der Waals surface area contributed by atoms with Gasteiger partial charge in [0, 0.05) is 70.4 Å². The van der Waals surface area contributed by atoms with Gasteiger partial charge in [0.25, 0.3) is 0 Å². The lowest BCUT2D eigenvalue weighted by atomic mass is 9.95. The van der Waals surface area contributed by atoms with E-state index in [1.54, 1.807) is 25.2 Å². The van der Waals surface area contributed by atoms with Crippen LogP contribution in [0, 0.1) is 12.8 Å². The monoisotopic (exact) mass is 578 g/mol. The molecule has 2 fully saturated rings. The van der Waals surface area contributed by atoms with Crippen LogP contribution in [-0.4, -0.2) is 92.0 Å². The summed E-state index contributed by atoms with van der Waals surface area (Å²) in [6.45, 7) is 8.24. The van der Waals surface area contributed by atoms with Crippen molar-refractivity contribution >= 4 is 40.6 Å². The highest BCUT2D eigenvalue weighted by Gasteiger charge is 2.49. The Morgan fingerprint density at radius 3 is 2.52 bits per heavy atom. The van der Waals surface area contributed by atoms with E-state index >= 15 is 0 Å². The van der Waals surface area contributed by atoms with E-state index in [0.717, 1.165) is 44.0 Å². The molecule has 0 aliphatic carbocycles. The van der Waals surface area contributed by atoms with Gasteiger partial charge in [0.05, 0.1) is 22.0 Å². The first-order chi connectivity index (χ1) is 18.8. The third-order valence-electron chi connectivity index (χ3n) is 8.25. The number of carbonyl (C=O) groups is 2. The molecule has 2 aromatic rings. The van der Waals surface area contributed by atoms with Crippen LogP contribution >= 0.6 is 11.6 Å². The zero-order valence-electron chi connectivity index (χ0n) is 23.1. The van der Waals surface area contributed by atoms with Crippen LogP contribution in [0.5, 0.6) is 0 Å². The molecule has 3 aliphatic heterocycles. The molecule has 216 valence electrons. The minimum atomic E-state index is -4.61. The van der Waals surface area contributed by atoms with Crippen molar-refractivity contribution in [2.75, 3.05) is 68.1 Å². The Balaban J connectivity index is 1.52. The summed E-state index contributed by atoms with van der Waals surface area (Å²) in [7, 11) is 3.73. The molecule has 0 N–H and O–H groups in total. The quantitative estimate of drug-likeness (QED) is 0.548. The Bertz CT molecular complexity index is 1310. The molecule has 0 saturated carbocycles. The van der Waals surface area contributed by atoms with Gasteiger partial charge in [0.15, 0.2) is 0 Å². The Morgan fingerprint density at radius 2 is 1.82 bits per heavy atom. The Hall–Kier alpha value is -2.89. The van der Waals surface area contributed by atoms with Crippen LogP contribution < -0.4 is 14.7 Å². The number of piperazine rings is 1. The number of alkyl halides is 3. The van der Waals surface area contributed by atoms with Gasteiger partial charge < -0.3 is 14.7 Å². The van der Waals surface area contributed by atoms with Crippen molar-refractivity contribution < 1.29 is 22.8 Å². The summed E-state index contributed by atoms with van der Waals surface area (Å²) in [5, 5.41) is 0.498. The van der Waals surface area contributed by atoms with E-state index in [1.807, 2.05) is 0 Å². The number of pyridine rings is 1. The topological polar surface area (TPSA) is 63.2 Å². The number of carbonyl (C=O) groups excluding carboxylic acids is 2. The minimum Gasteiger partial charge on any atom is -0.367 e. The van der Waals surface area contributed by atoms with Crippen molar-refractivity contribution in [3.05, 3.63) is 46.6 Å². The number of aryl methyl sites for hydroxylation is 1. The van der Waals surface area contributed by atoms with E-state index in [4.69, 9.17) is 11.6 Å². The molecule has 3 aliphatic rings. The van der Waals surface area contributed by atoms with Gasteiger partial charge in [-0.3, -0.25) is 19.4 Å². The molecule has 2 amide bonds. The number of likely N-dealkylation sites (N-methyl/N-ethyl adjacent to an activating group) is 2. The van der Waals surface area contributed by atoms with Gasteiger partial charge in [-0.2, -0.15) is 13.2 Å². The fourth-order valence-corrected chi connectivity index (χ4v) is 6.52. The minimum absolute atomic E-state index is 0.0163.